The van der Waals surface area contributed by atoms with Crippen LogP contribution >= 0.6 is 0 Å². The number of aromatic nitrogens is 1. The first-order valence-electron chi connectivity index (χ1n) is 11.3. The van der Waals surface area contributed by atoms with Crippen molar-refractivity contribution in [3.05, 3.63) is 76.6 Å². The number of hydrogen-bond acceptors (Lipinski definition) is 1. The molecule has 3 aromatic carbocycles. The number of benzene rings is 3. The summed E-state index contributed by atoms with van der Waals surface area (Å²) in [6, 6.07) is 16.4. The van der Waals surface area contributed by atoms with Crippen molar-refractivity contribution >= 4 is 32.8 Å². The number of halogens is 1. The summed E-state index contributed by atoms with van der Waals surface area (Å²) in [6.07, 6.45) is 0.890. The molecular weight excluding hydrogens is 397 g/mol. The molecule has 0 bridgehead atoms. The minimum Gasteiger partial charge on any atom is -0.455 e. The molecule has 0 N–H and O–H groups in total. The van der Waals surface area contributed by atoms with Gasteiger partial charge in [0.05, 0.1) is 10.9 Å². The Hall–Kier alpha value is -3.20. The molecule has 32 heavy (non-hydrogen) atoms. The van der Waals surface area contributed by atoms with Gasteiger partial charge in [-0.15, -0.1) is 0 Å². The van der Waals surface area contributed by atoms with Crippen molar-refractivity contribution in [2.75, 3.05) is 0 Å². The van der Waals surface area contributed by atoms with Crippen LogP contribution in [0.25, 0.3) is 44.1 Å². The predicted molar refractivity (Wildman–Crippen MR) is 131 cm³/mol. The fourth-order valence-electron chi connectivity index (χ4n) is 4.91. The van der Waals surface area contributed by atoms with Gasteiger partial charge in [-0.2, -0.15) is 4.57 Å². The van der Waals surface area contributed by atoms with E-state index in [2.05, 4.69) is 63.6 Å². The van der Waals surface area contributed by atoms with Gasteiger partial charge in [-0.05, 0) is 73.6 Å². The van der Waals surface area contributed by atoms with Crippen molar-refractivity contribution in [1.29, 1.82) is 0 Å². The number of aryl methyl sites for hydroxylation is 3. The van der Waals surface area contributed by atoms with Crippen LogP contribution in [0.15, 0.2) is 52.9 Å². The topological polar surface area (TPSA) is 17.0 Å². The van der Waals surface area contributed by atoms with E-state index < -0.39 is 0 Å². The first kappa shape index (κ1) is 20.7. The molecule has 3 heteroatoms. The van der Waals surface area contributed by atoms with Crippen molar-refractivity contribution < 1.29 is 13.4 Å². The quantitative estimate of drug-likeness (QED) is 0.273. The minimum absolute atomic E-state index is 0.151. The average molecular weight is 427 g/mol. The van der Waals surface area contributed by atoms with Gasteiger partial charge in [0.1, 0.15) is 24.0 Å². The molecule has 0 amide bonds. The summed E-state index contributed by atoms with van der Waals surface area (Å²) in [5.41, 5.74) is 9.36. The molecule has 162 valence electrons. The number of para-hydroxylation sites is 1. The molecule has 0 atom stereocenters. The van der Waals surface area contributed by atoms with E-state index in [1.54, 1.807) is 6.07 Å². The Bertz CT molecular complexity index is 1520. The minimum atomic E-state index is -0.151. The smallest absolute Gasteiger partial charge is 0.217 e. The number of fused-ring (bicyclic) bond motifs is 4. The number of hydrogen-bond donors (Lipinski definition) is 0. The Morgan fingerprint density at radius 1 is 0.906 bits per heavy atom. The van der Waals surface area contributed by atoms with Crippen LogP contribution in [0.1, 0.15) is 36.1 Å². The lowest BCUT2D eigenvalue weighted by molar-refractivity contribution is -0.633. The van der Waals surface area contributed by atoms with Gasteiger partial charge in [0.2, 0.25) is 11.2 Å². The average Bonchev–Trinajstić information content (AvgIpc) is 3.10. The number of nitrogens with zero attached hydrogens (tertiary/aromatic N) is 1. The Labute approximate surface area is 188 Å². The van der Waals surface area contributed by atoms with Crippen LogP contribution < -0.4 is 4.57 Å². The molecule has 0 fully saturated rings. The fourth-order valence-corrected chi connectivity index (χ4v) is 4.91. The van der Waals surface area contributed by atoms with Crippen LogP contribution in [0.3, 0.4) is 0 Å². The van der Waals surface area contributed by atoms with E-state index in [1.165, 1.54) is 16.7 Å². The van der Waals surface area contributed by atoms with Gasteiger partial charge in [-0.3, -0.25) is 0 Å². The van der Waals surface area contributed by atoms with Crippen molar-refractivity contribution in [2.24, 2.45) is 13.0 Å². The van der Waals surface area contributed by atoms with Crippen molar-refractivity contribution in [1.82, 2.24) is 0 Å². The normalized spacial score (nSPS) is 12.0. The largest absolute Gasteiger partial charge is 0.455 e. The second kappa shape index (κ2) is 7.44. The van der Waals surface area contributed by atoms with Gasteiger partial charge in [-0.25, -0.2) is 4.39 Å². The molecule has 0 aliphatic heterocycles. The third-order valence-electron chi connectivity index (χ3n) is 6.73. The molecule has 0 saturated carbocycles. The lowest BCUT2D eigenvalue weighted by atomic mass is 9.92. The number of rotatable bonds is 3. The van der Waals surface area contributed by atoms with Crippen LogP contribution in [-0.2, 0) is 13.5 Å². The summed E-state index contributed by atoms with van der Waals surface area (Å²) in [7, 11) is 2.07. The Morgan fingerprint density at radius 2 is 1.66 bits per heavy atom. The van der Waals surface area contributed by atoms with Crippen molar-refractivity contribution in [2.45, 2.75) is 41.0 Å². The fraction of sp³-hybridized carbons (Fsp3) is 0.276. The van der Waals surface area contributed by atoms with Gasteiger partial charge < -0.3 is 4.42 Å². The summed E-state index contributed by atoms with van der Waals surface area (Å²) in [5.74, 6) is 0.314. The van der Waals surface area contributed by atoms with Gasteiger partial charge in [0, 0.05) is 22.9 Å². The lowest BCUT2D eigenvalue weighted by Gasteiger charge is -2.14. The first-order valence-corrected chi connectivity index (χ1v) is 11.3. The highest BCUT2D eigenvalue weighted by molar-refractivity contribution is 6.10. The zero-order valence-electron chi connectivity index (χ0n) is 19.6. The maximum Gasteiger partial charge on any atom is 0.217 e. The van der Waals surface area contributed by atoms with E-state index in [1.807, 2.05) is 25.1 Å². The van der Waals surface area contributed by atoms with Crippen molar-refractivity contribution in [3.63, 3.8) is 0 Å². The highest BCUT2D eigenvalue weighted by atomic mass is 19.1. The van der Waals surface area contributed by atoms with Gasteiger partial charge in [0.25, 0.3) is 0 Å². The lowest BCUT2D eigenvalue weighted by Crippen LogP contribution is -2.33. The summed E-state index contributed by atoms with van der Waals surface area (Å²) in [4.78, 5) is 0. The molecule has 0 aliphatic rings. The molecule has 0 unspecified atom stereocenters. The molecular formula is C29H29FNO+. The molecule has 5 rings (SSSR count). The van der Waals surface area contributed by atoms with E-state index >= 15 is 0 Å². The van der Waals surface area contributed by atoms with E-state index in [4.69, 9.17) is 4.42 Å². The molecule has 2 nitrogen and oxygen atoms in total. The molecule has 5 aromatic rings. The highest BCUT2D eigenvalue weighted by Gasteiger charge is 2.26. The third kappa shape index (κ3) is 3.10. The third-order valence-corrected chi connectivity index (χ3v) is 6.73. The van der Waals surface area contributed by atoms with E-state index in [9.17, 15) is 4.39 Å². The zero-order valence-corrected chi connectivity index (χ0v) is 19.6. The zero-order chi connectivity index (χ0) is 22.7. The summed E-state index contributed by atoms with van der Waals surface area (Å²) in [5, 5.41) is 3.26. The Balaban J connectivity index is 1.94. The number of pyridine rings is 1. The Morgan fingerprint density at radius 3 is 2.41 bits per heavy atom. The SMILES string of the molecule is Cc1cc2c(cc1F)c(CC(C)C)cc(-c1c(C)c(C)cc3c1oc1ccccc13)[n+]2C. The van der Waals surface area contributed by atoms with E-state index in [0.717, 1.165) is 50.5 Å². The molecule has 2 aromatic heterocycles. The Kier molecular flexibility index (Phi) is 4.81. The monoisotopic (exact) mass is 426 g/mol. The van der Waals surface area contributed by atoms with Crippen molar-refractivity contribution in [3.8, 4) is 11.3 Å². The van der Waals surface area contributed by atoms with Crippen LogP contribution in [0.5, 0.6) is 0 Å². The number of furan rings is 1. The predicted octanol–water partition coefficient (Wildman–Crippen LogP) is 7.49. The standard InChI is InChI=1S/C29H29FNO/c1-16(2)11-20-14-26(31(6)25-13-18(4)24(30)15-22(20)25)28-19(5)17(3)12-23-21-9-7-8-10-27(21)32-29(23)28/h7-10,12-16H,11H2,1-6H3/q+1. The highest BCUT2D eigenvalue weighted by Crippen LogP contribution is 2.39. The maximum absolute atomic E-state index is 14.5. The van der Waals surface area contributed by atoms with Gasteiger partial charge in [-0.1, -0.05) is 32.0 Å². The first-order chi connectivity index (χ1) is 15.3. The molecule has 2 heterocycles. The summed E-state index contributed by atoms with van der Waals surface area (Å²) < 4.78 is 23.2. The van der Waals surface area contributed by atoms with Crippen LogP contribution in [0.2, 0.25) is 0 Å². The molecule has 0 aliphatic carbocycles. The van der Waals surface area contributed by atoms with E-state index in [0.29, 0.717) is 11.5 Å². The van der Waals surface area contributed by atoms with Crippen LogP contribution in [0, 0.1) is 32.5 Å². The van der Waals surface area contributed by atoms with Crippen LogP contribution in [0.4, 0.5) is 4.39 Å². The molecule has 0 radical (unpaired) electrons. The van der Waals surface area contributed by atoms with Gasteiger partial charge >= 0.3 is 0 Å². The van der Waals surface area contributed by atoms with Crippen LogP contribution in [-0.4, -0.2) is 0 Å². The summed E-state index contributed by atoms with van der Waals surface area (Å²) >= 11 is 0. The maximum atomic E-state index is 14.5. The van der Waals surface area contributed by atoms with E-state index in [-0.39, 0.29) is 5.82 Å². The summed E-state index contributed by atoms with van der Waals surface area (Å²) in [6.45, 7) is 10.6. The molecule has 0 spiro atoms. The second-order valence-electron chi connectivity index (χ2n) is 9.50. The second-order valence-corrected chi connectivity index (χ2v) is 9.50. The molecule has 0 saturated heterocycles. The van der Waals surface area contributed by atoms with Gasteiger partial charge in [0.15, 0.2) is 0 Å².